The van der Waals surface area contributed by atoms with Gasteiger partial charge < -0.3 is 10.6 Å². The zero-order valence-corrected chi connectivity index (χ0v) is 15.8. The Bertz CT molecular complexity index is 921. The molecule has 0 aromatic heterocycles. The van der Waals surface area contributed by atoms with E-state index in [9.17, 15) is 18.0 Å². The number of sulfone groups is 1. The Balaban J connectivity index is 2.30. The maximum atomic E-state index is 12.6. The fraction of sp³-hybridized carbons (Fsp3) is 0.263. The van der Waals surface area contributed by atoms with Gasteiger partial charge in [0.25, 0.3) is 5.91 Å². The van der Waals surface area contributed by atoms with E-state index in [1.165, 1.54) is 12.1 Å². The summed E-state index contributed by atoms with van der Waals surface area (Å²) >= 11 is 0. The van der Waals surface area contributed by atoms with Crippen molar-refractivity contribution in [1.29, 1.82) is 0 Å². The smallest absolute Gasteiger partial charge is 0.256 e. The Labute approximate surface area is 153 Å². The number of anilines is 2. The highest BCUT2D eigenvalue weighted by molar-refractivity contribution is 7.92. The second kappa shape index (κ2) is 8.14. The van der Waals surface area contributed by atoms with E-state index in [4.69, 9.17) is 0 Å². The molecule has 0 bridgehead atoms. The molecular weight excluding hydrogens is 352 g/mol. The van der Waals surface area contributed by atoms with Crippen molar-refractivity contribution in [3.63, 3.8) is 0 Å². The quantitative estimate of drug-likeness (QED) is 0.810. The first-order valence-electron chi connectivity index (χ1n) is 8.30. The summed E-state index contributed by atoms with van der Waals surface area (Å²) in [4.78, 5) is 24.1. The minimum absolute atomic E-state index is 0.00272. The highest BCUT2D eigenvalue weighted by Crippen LogP contribution is 2.22. The lowest BCUT2D eigenvalue weighted by Gasteiger charge is -2.13. The van der Waals surface area contributed by atoms with Gasteiger partial charge in [0, 0.05) is 17.8 Å². The second-order valence-electron chi connectivity index (χ2n) is 6.03. The fourth-order valence-corrected chi connectivity index (χ4v) is 3.52. The number of rotatable bonds is 6. The standard InChI is InChI=1S/C19H22N2O4S/c1-4-18(22)20-14-8-7-9-15(12-14)21-19(23)16-10-5-6-11-17(16)26(24,25)13(2)3/h5-13H,4H2,1-3H3,(H,20,22)(H,21,23). The van der Waals surface area contributed by atoms with Crippen LogP contribution in [0.4, 0.5) is 11.4 Å². The Morgan fingerprint density at radius 3 is 2.19 bits per heavy atom. The highest BCUT2D eigenvalue weighted by Gasteiger charge is 2.25. The predicted molar refractivity (Wildman–Crippen MR) is 102 cm³/mol. The number of hydrogen-bond donors (Lipinski definition) is 2. The van der Waals surface area contributed by atoms with E-state index in [1.54, 1.807) is 57.2 Å². The van der Waals surface area contributed by atoms with Crippen molar-refractivity contribution in [3.8, 4) is 0 Å². The van der Waals surface area contributed by atoms with Gasteiger partial charge in [-0.1, -0.05) is 25.1 Å². The fourth-order valence-electron chi connectivity index (χ4n) is 2.28. The third-order valence-electron chi connectivity index (χ3n) is 3.78. The minimum Gasteiger partial charge on any atom is -0.326 e. The number of amides is 2. The number of benzene rings is 2. The third-order valence-corrected chi connectivity index (χ3v) is 5.99. The molecule has 138 valence electrons. The molecule has 0 aliphatic carbocycles. The van der Waals surface area contributed by atoms with Gasteiger partial charge in [0.05, 0.1) is 15.7 Å². The molecule has 0 saturated heterocycles. The molecule has 2 amide bonds. The molecule has 6 nitrogen and oxygen atoms in total. The summed E-state index contributed by atoms with van der Waals surface area (Å²) in [5.74, 6) is -0.661. The first-order valence-corrected chi connectivity index (χ1v) is 9.84. The lowest BCUT2D eigenvalue weighted by molar-refractivity contribution is -0.115. The van der Waals surface area contributed by atoms with Gasteiger partial charge in [0.15, 0.2) is 9.84 Å². The average molecular weight is 374 g/mol. The molecule has 0 unspecified atom stereocenters. The maximum absolute atomic E-state index is 12.6. The summed E-state index contributed by atoms with van der Waals surface area (Å²) in [6.45, 7) is 4.89. The van der Waals surface area contributed by atoms with Crippen LogP contribution in [-0.4, -0.2) is 25.5 Å². The van der Waals surface area contributed by atoms with E-state index < -0.39 is 21.0 Å². The molecule has 0 saturated carbocycles. The second-order valence-corrected chi connectivity index (χ2v) is 8.50. The monoisotopic (exact) mass is 374 g/mol. The molecular formula is C19H22N2O4S. The van der Waals surface area contributed by atoms with Gasteiger partial charge in [-0.25, -0.2) is 8.42 Å². The highest BCUT2D eigenvalue weighted by atomic mass is 32.2. The van der Waals surface area contributed by atoms with Crippen LogP contribution in [0.1, 0.15) is 37.6 Å². The van der Waals surface area contributed by atoms with Crippen LogP contribution in [0.5, 0.6) is 0 Å². The molecule has 2 aromatic rings. The molecule has 0 radical (unpaired) electrons. The normalized spacial score (nSPS) is 11.2. The van der Waals surface area contributed by atoms with Crippen LogP contribution in [0.15, 0.2) is 53.4 Å². The molecule has 2 aromatic carbocycles. The van der Waals surface area contributed by atoms with Crippen molar-refractivity contribution in [1.82, 2.24) is 0 Å². The molecule has 0 aliphatic heterocycles. The average Bonchev–Trinajstić information content (AvgIpc) is 2.61. The van der Waals surface area contributed by atoms with Gasteiger partial charge in [0.2, 0.25) is 5.91 Å². The topological polar surface area (TPSA) is 92.3 Å². The van der Waals surface area contributed by atoms with E-state index in [0.717, 1.165) is 0 Å². The van der Waals surface area contributed by atoms with E-state index in [-0.39, 0.29) is 16.4 Å². The zero-order chi connectivity index (χ0) is 19.3. The van der Waals surface area contributed by atoms with Crippen LogP contribution in [0.3, 0.4) is 0 Å². The SMILES string of the molecule is CCC(=O)Nc1cccc(NC(=O)c2ccccc2S(=O)(=O)C(C)C)c1. The predicted octanol–water partition coefficient (Wildman–Crippen LogP) is 3.47. The largest absolute Gasteiger partial charge is 0.326 e. The summed E-state index contributed by atoms with van der Waals surface area (Å²) < 4.78 is 25.0. The van der Waals surface area contributed by atoms with Crippen molar-refractivity contribution in [2.75, 3.05) is 10.6 Å². The summed E-state index contributed by atoms with van der Waals surface area (Å²) in [5, 5.41) is 4.76. The van der Waals surface area contributed by atoms with E-state index in [0.29, 0.717) is 17.8 Å². The summed E-state index contributed by atoms with van der Waals surface area (Å²) in [6.07, 6.45) is 0.344. The van der Waals surface area contributed by atoms with Crippen molar-refractivity contribution in [2.45, 2.75) is 37.3 Å². The van der Waals surface area contributed by atoms with Crippen LogP contribution < -0.4 is 10.6 Å². The summed E-state index contributed by atoms with van der Waals surface area (Å²) in [5.41, 5.74) is 1.10. The molecule has 7 heteroatoms. The Morgan fingerprint density at radius 1 is 0.962 bits per heavy atom. The van der Waals surface area contributed by atoms with Gasteiger partial charge in [-0.15, -0.1) is 0 Å². The van der Waals surface area contributed by atoms with Crippen molar-refractivity contribution >= 4 is 33.0 Å². The van der Waals surface area contributed by atoms with E-state index in [2.05, 4.69) is 10.6 Å². The number of carbonyl (C=O) groups is 2. The first-order chi connectivity index (χ1) is 12.3. The van der Waals surface area contributed by atoms with Crippen LogP contribution in [0.25, 0.3) is 0 Å². The molecule has 26 heavy (non-hydrogen) atoms. The molecule has 0 aliphatic rings. The van der Waals surface area contributed by atoms with Gasteiger partial charge in [0.1, 0.15) is 0 Å². The van der Waals surface area contributed by atoms with Gasteiger partial charge in [-0.05, 0) is 44.2 Å². The van der Waals surface area contributed by atoms with Gasteiger partial charge >= 0.3 is 0 Å². The van der Waals surface area contributed by atoms with Crippen molar-refractivity contribution in [3.05, 3.63) is 54.1 Å². The number of carbonyl (C=O) groups excluding carboxylic acids is 2. The lowest BCUT2D eigenvalue weighted by atomic mass is 10.2. The van der Waals surface area contributed by atoms with E-state index >= 15 is 0 Å². The number of hydrogen-bond acceptors (Lipinski definition) is 4. The molecule has 2 rings (SSSR count). The van der Waals surface area contributed by atoms with Crippen molar-refractivity contribution in [2.24, 2.45) is 0 Å². The van der Waals surface area contributed by atoms with Gasteiger partial charge in [-0.2, -0.15) is 0 Å². The number of nitrogens with one attached hydrogen (secondary N) is 2. The lowest BCUT2D eigenvalue weighted by Crippen LogP contribution is -2.20. The zero-order valence-electron chi connectivity index (χ0n) is 14.9. The minimum atomic E-state index is -3.59. The van der Waals surface area contributed by atoms with Gasteiger partial charge in [-0.3, -0.25) is 9.59 Å². The molecule has 0 spiro atoms. The molecule has 0 fully saturated rings. The first kappa shape index (κ1) is 19.7. The summed E-state index contributed by atoms with van der Waals surface area (Å²) in [6, 6.07) is 12.8. The van der Waals surface area contributed by atoms with Crippen LogP contribution in [0, 0.1) is 0 Å². The van der Waals surface area contributed by atoms with Crippen molar-refractivity contribution < 1.29 is 18.0 Å². The molecule has 0 heterocycles. The summed E-state index contributed by atoms with van der Waals surface area (Å²) in [7, 11) is -3.59. The molecule has 0 atom stereocenters. The van der Waals surface area contributed by atoms with Crippen LogP contribution in [0.2, 0.25) is 0 Å². The Kier molecular flexibility index (Phi) is 6.15. The Hall–Kier alpha value is -2.67. The van der Waals surface area contributed by atoms with E-state index in [1.807, 2.05) is 0 Å². The van der Waals surface area contributed by atoms with Crippen LogP contribution >= 0.6 is 0 Å². The molecule has 2 N–H and O–H groups in total. The third kappa shape index (κ3) is 4.49. The van der Waals surface area contributed by atoms with Crippen LogP contribution in [-0.2, 0) is 14.6 Å². The maximum Gasteiger partial charge on any atom is 0.256 e. The Morgan fingerprint density at radius 2 is 1.58 bits per heavy atom.